The molecule has 0 aromatic rings. The van der Waals surface area contributed by atoms with Gasteiger partial charge < -0.3 is 10.2 Å². The Balaban J connectivity index is 2.91. The summed E-state index contributed by atoms with van der Waals surface area (Å²) >= 11 is 0. The van der Waals surface area contributed by atoms with Gasteiger partial charge in [-0.25, -0.2) is 0 Å². The van der Waals surface area contributed by atoms with E-state index < -0.39 is 17.4 Å². The van der Waals surface area contributed by atoms with Crippen LogP contribution in [0.2, 0.25) is 0 Å². The van der Waals surface area contributed by atoms with Crippen LogP contribution in [-0.4, -0.2) is 22.2 Å². The third kappa shape index (κ3) is 1.61. The lowest BCUT2D eigenvalue weighted by Crippen LogP contribution is -2.44. The zero-order chi connectivity index (χ0) is 10.9. The van der Waals surface area contributed by atoms with Gasteiger partial charge in [0.15, 0.2) is 5.41 Å². The van der Waals surface area contributed by atoms with E-state index in [1.807, 2.05) is 13.8 Å². The fourth-order valence-corrected chi connectivity index (χ4v) is 2.09. The summed E-state index contributed by atoms with van der Waals surface area (Å²) < 4.78 is 0. The molecule has 0 aromatic carbocycles. The lowest BCUT2D eigenvalue weighted by molar-refractivity contribution is -0.169. The van der Waals surface area contributed by atoms with Crippen molar-refractivity contribution in [3.05, 3.63) is 0 Å². The molecular formula is C10H16O4. The van der Waals surface area contributed by atoms with Crippen molar-refractivity contribution < 1.29 is 19.8 Å². The summed E-state index contributed by atoms with van der Waals surface area (Å²) in [6, 6.07) is 0. The van der Waals surface area contributed by atoms with E-state index in [0.29, 0.717) is 12.3 Å². The molecule has 0 aliphatic heterocycles. The molecule has 14 heavy (non-hydrogen) atoms. The molecule has 0 saturated heterocycles. The molecule has 0 spiro atoms. The quantitative estimate of drug-likeness (QED) is 0.664. The van der Waals surface area contributed by atoms with Gasteiger partial charge in [-0.3, -0.25) is 9.59 Å². The predicted molar refractivity (Wildman–Crippen MR) is 49.9 cm³/mol. The van der Waals surface area contributed by atoms with Crippen LogP contribution in [0.3, 0.4) is 0 Å². The second-order valence-electron chi connectivity index (χ2n) is 4.39. The monoisotopic (exact) mass is 200 g/mol. The second kappa shape index (κ2) is 3.59. The molecule has 0 heterocycles. The third-order valence-corrected chi connectivity index (χ3v) is 3.49. The largest absolute Gasteiger partial charge is 0.480 e. The van der Waals surface area contributed by atoms with Gasteiger partial charge in [0.05, 0.1) is 0 Å². The number of rotatable bonds is 2. The van der Waals surface area contributed by atoms with Gasteiger partial charge in [-0.1, -0.05) is 13.8 Å². The molecule has 2 atom stereocenters. The van der Waals surface area contributed by atoms with Crippen LogP contribution >= 0.6 is 0 Å². The topological polar surface area (TPSA) is 74.6 Å². The van der Waals surface area contributed by atoms with E-state index in [2.05, 4.69) is 0 Å². The normalized spacial score (nSPS) is 31.0. The van der Waals surface area contributed by atoms with Crippen LogP contribution in [0.15, 0.2) is 0 Å². The first-order chi connectivity index (χ1) is 6.40. The molecule has 80 valence electrons. The minimum Gasteiger partial charge on any atom is -0.480 e. The predicted octanol–water partition coefficient (Wildman–Crippen LogP) is 1.60. The molecular weight excluding hydrogens is 184 g/mol. The number of carboxylic acid groups (broad SMARTS) is 2. The van der Waals surface area contributed by atoms with Crippen molar-refractivity contribution in [3.63, 3.8) is 0 Å². The van der Waals surface area contributed by atoms with Crippen LogP contribution in [0.25, 0.3) is 0 Å². The summed E-state index contributed by atoms with van der Waals surface area (Å²) in [5.74, 6) is -1.80. The van der Waals surface area contributed by atoms with Crippen LogP contribution in [0, 0.1) is 17.3 Å². The van der Waals surface area contributed by atoms with E-state index in [0.717, 1.165) is 0 Å². The molecule has 1 aliphatic rings. The van der Waals surface area contributed by atoms with E-state index in [9.17, 15) is 9.59 Å². The highest BCUT2D eigenvalue weighted by molar-refractivity contribution is 5.98. The smallest absolute Gasteiger partial charge is 0.321 e. The fourth-order valence-electron chi connectivity index (χ4n) is 2.09. The van der Waals surface area contributed by atoms with E-state index >= 15 is 0 Å². The molecule has 0 aromatic heterocycles. The third-order valence-electron chi connectivity index (χ3n) is 3.49. The fraction of sp³-hybridized carbons (Fsp3) is 0.800. The molecule has 2 unspecified atom stereocenters. The van der Waals surface area contributed by atoms with Crippen molar-refractivity contribution in [1.82, 2.24) is 0 Å². The minimum absolute atomic E-state index is 0.163. The van der Waals surface area contributed by atoms with E-state index in [1.54, 1.807) is 0 Å². The Morgan fingerprint density at radius 1 is 1.14 bits per heavy atom. The van der Waals surface area contributed by atoms with Crippen LogP contribution in [0.4, 0.5) is 0 Å². The van der Waals surface area contributed by atoms with Crippen molar-refractivity contribution in [1.29, 1.82) is 0 Å². The van der Waals surface area contributed by atoms with Crippen LogP contribution < -0.4 is 0 Å². The summed E-state index contributed by atoms with van der Waals surface area (Å²) in [6.45, 7) is 3.96. The maximum atomic E-state index is 11.0. The van der Waals surface area contributed by atoms with Crippen LogP contribution in [-0.2, 0) is 9.59 Å². The van der Waals surface area contributed by atoms with Gasteiger partial charge in [0.1, 0.15) is 0 Å². The van der Waals surface area contributed by atoms with Gasteiger partial charge >= 0.3 is 11.9 Å². The molecule has 0 amide bonds. The number of carboxylic acids is 2. The van der Waals surface area contributed by atoms with Gasteiger partial charge in [-0.2, -0.15) is 0 Å². The lowest BCUT2D eigenvalue weighted by Gasteiger charge is -2.36. The van der Waals surface area contributed by atoms with Crippen molar-refractivity contribution in [2.75, 3.05) is 0 Å². The first-order valence-corrected chi connectivity index (χ1v) is 4.87. The van der Waals surface area contributed by atoms with E-state index in [1.165, 1.54) is 0 Å². The molecule has 1 aliphatic carbocycles. The molecule has 2 N–H and O–H groups in total. The number of hydrogen-bond acceptors (Lipinski definition) is 2. The number of aliphatic carboxylic acids is 2. The summed E-state index contributed by atoms with van der Waals surface area (Å²) in [4.78, 5) is 22.0. The van der Waals surface area contributed by atoms with Gasteiger partial charge in [-0.05, 0) is 31.1 Å². The Morgan fingerprint density at radius 2 is 1.64 bits per heavy atom. The summed E-state index contributed by atoms with van der Waals surface area (Å²) in [6.07, 6.45) is 1.18. The highest BCUT2D eigenvalue weighted by atomic mass is 16.4. The van der Waals surface area contributed by atoms with Crippen molar-refractivity contribution >= 4 is 11.9 Å². The van der Waals surface area contributed by atoms with Gasteiger partial charge in [0, 0.05) is 0 Å². The number of carbonyl (C=O) groups is 2. The zero-order valence-electron chi connectivity index (χ0n) is 8.49. The molecule has 1 saturated carbocycles. The second-order valence-corrected chi connectivity index (χ2v) is 4.39. The van der Waals surface area contributed by atoms with E-state index in [-0.39, 0.29) is 18.8 Å². The lowest BCUT2D eigenvalue weighted by atomic mass is 9.66. The maximum Gasteiger partial charge on any atom is 0.321 e. The molecule has 1 rings (SSSR count). The Hall–Kier alpha value is -1.06. The van der Waals surface area contributed by atoms with E-state index in [4.69, 9.17) is 10.2 Å². The Labute approximate surface area is 82.9 Å². The zero-order valence-corrected chi connectivity index (χ0v) is 8.49. The Kier molecular flexibility index (Phi) is 2.83. The van der Waals surface area contributed by atoms with Gasteiger partial charge in [-0.15, -0.1) is 0 Å². The molecule has 4 nitrogen and oxygen atoms in total. The average Bonchev–Trinajstić information content (AvgIpc) is 2.09. The van der Waals surface area contributed by atoms with Gasteiger partial charge in [0.2, 0.25) is 0 Å². The highest BCUT2D eigenvalue weighted by Gasteiger charge is 2.50. The van der Waals surface area contributed by atoms with Gasteiger partial charge in [0.25, 0.3) is 0 Å². The molecule has 0 bridgehead atoms. The molecule has 1 fully saturated rings. The van der Waals surface area contributed by atoms with Crippen LogP contribution in [0.1, 0.15) is 33.1 Å². The number of hydrogen-bond donors (Lipinski definition) is 2. The van der Waals surface area contributed by atoms with Crippen LogP contribution in [0.5, 0.6) is 0 Å². The average molecular weight is 200 g/mol. The Morgan fingerprint density at radius 3 is 2.00 bits per heavy atom. The summed E-state index contributed by atoms with van der Waals surface area (Å²) in [7, 11) is 0. The molecule has 4 heteroatoms. The maximum absolute atomic E-state index is 11.0. The minimum atomic E-state index is -1.54. The molecule has 0 radical (unpaired) electrons. The SMILES string of the molecule is CC1CCC(C(=O)O)(C(=O)O)CC1C. The van der Waals surface area contributed by atoms with Crippen molar-refractivity contribution in [3.8, 4) is 0 Å². The summed E-state index contributed by atoms with van der Waals surface area (Å²) in [5.41, 5.74) is -1.54. The summed E-state index contributed by atoms with van der Waals surface area (Å²) in [5, 5.41) is 18.0. The van der Waals surface area contributed by atoms with Crippen molar-refractivity contribution in [2.24, 2.45) is 17.3 Å². The standard InChI is InChI=1S/C10H16O4/c1-6-3-4-10(8(11)12,9(13)14)5-7(6)2/h6-7H,3-5H2,1-2H3,(H,11,12)(H,13,14). The first-order valence-electron chi connectivity index (χ1n) is 4.87. The van der Waals surface area contributed by atoms with Crippen molar-refractivity contribution in [2.45, 2.75) is 33.1 Å². The first kappa shape index (κ1) is 11.0. The Bertz CT molecular complexity index is 245. The highest BCUT2D eigenvalue weighted by Crippen LogP contribution is 2.42.